The van der Waals surface area contributed by atoms with Crippen molar-refractivity contribution >= 4 is 34.4 Å². The van der Waals surface area contributed by atoms with E-state index in [0.717, 1.165) is 29.3 Å². The fourth-order valence-electron chi connectivity index (χ4n) is 3.85. The molecule has 2 heterocycles. The summed E-state index contributed by atoms with van der Waals surface area (Å²) >= 11 is 1.56. The topological polar surface area (TPSA) is 71.0 Å². The van der Waals surface area contributed by atoms with Crippen LogP contribution in [0.2, 0.25) is 0 Å². The molecular formula is C22H23N3O3S. The number of piperidine rings is 1. The van der Waals surface area contributed by atoms with Gasteiger partial charge in [0.2, 0.25) is 11.8 Å². The lowest BCUT2D eigenvalue weighted by Gasteiger charge is -2.40. The van der Waals surface area contributed by atoms with Crippen LogP contribution in [0.15, 0.2) is 59.6 Å². The smallest absolute Gasteiger partial charge is 0.231 e. The number of amidine groups is 1. The van der Waals surface area contributed by atoms with Gasteiger partial charge >= 0.3 is 0 Å². The highest BCUT2D eigenvalue weighted by Gasteiger charge is 2.41. The van der Waals surface area contributed by atoms with Crippen LogP contribution in [-0.2, 0) is 9.59 Å². The molecule has 0 aromatic heterocycles. The minimum Gasteiger partial charge on any atom is -0.497 e. The van der Waals surface area contributed by atoms with Gasteiger partial charge in [0.1, 0.15) is 5.75 Å². The van der Waals surface area contributed by atoms with Crippen LogP contribution in [0.5, 0.6) is 5.75 Å². The lowest BCUT2D eigenvalue weighted by atomic mass is 9.83. The van der Waals surface area contributed by atoms with E-state index in [0.29, 0.717) is 18.0 Å². The molecule has 2 atom stereocenters. The molecule has 4 rings (SSSR count). The first-order chi connectivity index (χ1) is 14.2. The Kier molecular flexibility index (Phi) is 5.85. The Hall–Kier alpha value is -2.80. The summed E-state index contributed by atoms with van der Waals surface area (Å²) in [6.45, 7) is 0.726. The predicted molar refractivity (Wildman–Crippen MR) is 115 cm³/mol. The second kappa shape index (κ2) is 8.69. The molecular weight excluding hydrogens is 386 g/mol. The number of ether oxygens (including phenoxy) is 1. The van der Waals surface area contributed by atoms with Gasteiger partial charge in [-0.05, 0) is 36.2 Å². The van der Waals surface area contributed by atoms with E-state index in [1.807, 2.05) is 54.6 Å². The largest absolute Gasteiger partial charge is 0.497 e. The number of amides is 2. The molecule has 1 saturated heterocycles. The van der Waals surface area contributed by atoms with E-state index in [-0.39, 0.29) is 23.8 Å². The van der Waals surface area contributed by atoms with Gasteiger partial charge in [-0.1, -0.05) is 42.1 Å². The summed E-state index contributed by atoms with van der Waals surface area (Å²) in [4.78, 5) is 32.2. The van der Waals surface area contributed by atoms with E-state index in [1.165, 1.54) is 0 Å². The third kappa shape index (κ3) is 4.15. The number of hydrogen-bond donors (Lipinski definition) is 1. The number of nitrogens with zero attached hydrogens (tertiary/aromatic N) is 2. The molecule has 0 aliphatic carbocycles. The van der Waals surface area contributed by atoms with Crippen molar-refractivity contribution in [2.75, 3.05) is 24.3 Å². The molecule has 0 unspecified atom stereocenters. The molecule has 0 bridgehead atoms. The number of aliphatic imine (C=N–C) groups is 1. The van der Waals surface area contributed by atoms with Crippen molar-refractivity contribution < 1.29 is 14.3 Å². The lowest BCUT2D eigenvalue weighted by Crippen LogP contribution is -2.49. The van der Waals surface area contributed by atoms with Crippen molar-refractivity contribution in [3.05, 3.63) is 60.2 Å². The number of benzene rings is 2. The number of thioether (sulfide) groups is 1. The minimum absolute atomic E-state index is 0.0145. The molecule has 7 heteroatoms. The van der Waals surface area contributed by atoms with Gasteiger partial charge in [0.15, 0.2) is 5.17 Å². The number of hydrogen-bond acceptors (Lipinski definition) is 5. The maximum absolute atomic E-state index is 13.2. The summed E-state index contributed by atoms with van der Waals surface area (Å²) in [7, 11) is 1.61. The standard InChI is InChI=1S/C22H23N3O3S/c1-28-17-9-7-16(8-10-17)25-19(26)12-11-18(20(25)15-5-3-2-4-6-15)21(27)24-22-23-13-14-29-22/h2-10,18,20H,11-14H2,1H3,(H,23,24,27)/t18-,20-/m1/s1. The fourth-order valence-corrected chi connectivity index (χ4v) is 4.59. The summed E-state index contributed by atoms with van der Waals surface area (Å²) < 4.78 is 5.25. The molecule has 2 aliphatic heterocycles. The zero-order valence-electron chi connectivity index (χ0n) is 16.2. The van der Waals surface area contributed by atoms with Crippen molar-refractivity contribution in [1.82, 2.24) is 5.32 Å². The van der Waals surface area contributed by atoms with Crippen LogP contribution in [0.4, 0.5) is 5.69 Å². The summed E-state index contributed by atoms with van der Waals surface area (Å²) in [6, 6.07) is 16.8. The number of rotatable bonds is 4. The Morgan fingerprint density at radius 2 is 1.93 bits per heavy atom. The first-order valence-electron chi connectivity index (χ1n) is 9.66. The summed E-state index contributed by atoms with van der Waals surface area (Å²) in [6.07, 6.45) is 0.835. The van der Waals surface area contributed by atoms with Crippen LogP contribution < -0.4 is 15.0 Å². The van der Waals surface area contributed by atoms with Crippen LogP contribution in [0, 0.1) is 5.92 Å². The highest BCUT2D eigenvalue weighted by atomic mass is 32.2. The van der Waals surface area contributed by atoms with Crippen LogP contribution in [0.25, 0.3) is 0 Å². The molecule has 150 valence electrons. The molecule has 0 saturated carbocycles. The molecule has 2 aromatic carbocycles. The van der Waals surface area contributed by atoms with Crippen LogP contribution >= 0.6 is 11.8 Å². The molecule has 29 heavy (non-hydrogen) atoms. The molecule has 6 nitrogen and oxygen atoms in total. The maximum atomic E-state index is 13.2. The third-order valence-electron chi connectivity index (χ3n) is 5.24. The Bertz CT molecular complexity index is 915. The second-order valence-electron chi connectivity index (χ2n) is 6.99. The average Bonchev–Trinajstić information content (AvgIpc) is 3.27. The fraction of sp³-hybridized carbons (Fsp3) is 0.318. The molecule has 1 N–H and O–H groups in total. The van der Waals surface area contributed by atoms with E-state index in [4.69, 9.17) is 4.74 Å². The van der Waals surface area contributed by atoms with Crippen molar-refractivity contribution in [1.29, 1.82) is 0 Å². The number of anilines is 1. The van der Waals surface area contributed by atoms with Crippen LogP contribution in [0.3, 0.4) is 0 Å². The summed E-state index contributed by atoms with van der Waals surface area (Å²) in [5.41, 5.74) is 1.70. The van der Waals surface area contributed by atoms with Crippen LogP contribution in [0.1, 0.15) is 24.4 Å². The Morgan fingerprint density at radius 1 is 1.17 bits per heavy atom. The van der Waals surface area contributed by atoms with Gasteiger partial charge in [0, 0.05) is 17.9 Å². The van der Waals surface area contributed by atoms with Crippen molar-refractivity contribution in [3.8, 4) is 5.75 Å². The summed E-state index contributed by atoms with van der Waals surface area (Å²) in [5, 5.41) is 3.65. The normalized spacial score (nSPS) is 21.6. The van der Waals surface area contributed by atoms with Crippen molar-refractivity contribution in [3.63, 3.8) is 0 Å². The van der Waals surface area contributed by atoms with Crippen molar-refractivity contribution in [2.45, 2.75) is 18.9 Å². The molecule has 0 radical (unpaired) electrons. The van der Waals surface area contributed by atoms with Gasteiger partial charge in [0.05, 0.1) is 25.6 Å². The van der Waals surface area contributed by atoms with Gasteiger partial charge in [-0.25, -0.2) is 0 Å². The number of methoxy groups -OCH3 is 1. The molecule has 0 spiro atoms. The molecule has 2 aromatic rings. The van der Waals surface area contributed by atoms with E-state index < -0.39 is 0 Å². The number of carbonyl (C=O) groups excluding carboxylic acids is 2. The van der Waals surface area contributed by atoms with Gasteiger partial charge in [-0.3, -0.25) is 14.6 Å². The van der Waals surface area contributed by atoms with E-state index in [2.05, 4.69) is 10.3 Å². The van der Waals surface area contributed by atoms with Gasteiger partial charge in [0.25, 0.3) is 0 Å². The maximum Gasteiger partial charge on any atom is 0.231 e. The molecule has 2 amide bonds. The summed E-state index contributed by atoms with van der Waals surface area (Å²) in [5.74, 6) is 1.18. The quantitative estimate of drug-likeness (QED) is 0.840. The lowest BCUT2D eigenvalue weighted by molar-refractivity contribution is -0.128. The first kappa shape index (κ1) is 19.5. The van der Waals surface area contributed by atoms with Gasteiger partial charge < -0.3 is 15.0 Å². The van der Waals surface area contributed by atoms with Gasteiger partial charge in [-0.2, -0.15) is 0 Å². The van der Waals surface area contributed by atoms with Gasteiger partial charge in [-0.15, -0.1) is 0 Å². The number of nitrogens with one attached hydrogen (secondary N) is 1. The number of carbonyl (C=O) groups is 2. The Labute approximate surface area is 174 Å². The molecule has 2 aliphatic rings. The highest BCUT2D eigenvalue weighted by Crippen LogP contribution is 2.40. The van der Waals surface area contributed by atoms with Crippen molar-refractivity contribution in [2.24, 2.45) is 10.9 Å². The first-order valence-corrected chi connectivity index (χ1v) is 10.6. The van der Waals surface area contributed by atoms with Crippen LogP contribution in [-0.4, -0.2) is 36.4 Å². The molecule has 1 fully saturated rings. The predicted octanol–water partition coefficient (Wildman–Crippen LogP) is 3.40. The zero-order chi connectivity index (χ0) is 20.2. The monoisotopic (exact) mass is 409 g/mol. The Morgan fingerprint density at radius 3 is 2.59 bits per heavy atom. The minimum atomic E-state index is -0.377. The average molecular weight is 410 g/mol. The Balaban J connectivity index is 1.70. The second-order valence-corrected chi connectivity index (χ2v) is 8.07. The van der Waals surface area contributed by atoms with E-state index in [9.17, 15) is 9.59 Å². The SMILES string of the molecule is COc1ccc(N2C(=O)CC[C@@H](C(=O)NC3=NCCS3)[C@H]2c2ccccc2)cc1. The van der Waals surface area contributed by atoms with E-state index in [1.54, 1.807) is 23.8 Å². The third-order valence-corrected chi connectivity index (χ3v) is 6.13. The zero-order valence-corrected chi connectivity index (χ0v) is 17.0. The highest BCUT2D eigenvalue weighted by molar-refractivity contribution is 8.14. The van der Waals surface area contributed by atoms with E-state index >= 15 is 0 Å².